The van der Waals surface area contributed by atoms with Crippen LogP contribution in [0.25, 0.3) is 0 Å². The number of ether oxygens (including phenoxy) is 2. The van der Waals surface area contributed by atoms with E-state index in [1.54, 1.807) is 24.3 Å². The van der Waals surface area contributed by atoms with Gasteiger partial charge in [0.2, 0.25) is 0 Å². The Morgan fingerprint density at radius 1 is 0.919 bits per heavy atom. The van der Waals surface area contributed by atoms with Gasteiger partial charge in [0.25, 0.3) is 11.8 Å². The fourth-order valence-electron chi connectivity index (χ4n) is 4.70. The van der Waals surface area contributed by atoms with Crippen molar-refractivity contribution < 1.29 is 19.1 Å². The van der Waals surface area contributed by atoms with Gasteiger partial charge in [-0.2, -0.15) is 0 Å². The summed E-state index contributed by atoms with van der Waals surface area (Å²) in [6.07, 6.45) is 1.96. The van der Waals surface area contributed by atoms with E-state index in [4.69, 9.17) is 9.47 Å². The Morgan fingerprint density at radius 2 is 1.65 bits per heavy atom. The summed E-state index contributed by atoms with van der Waals surface area (Å²) in [5.74, 6) is 0.739. The molecule has 0 aromatic heterocycles. The van der Waals surface area contributed by atoms with E-state index in [1.165, 1.54) is 0 Å². The number of rotatable bonds is 6. The molecule has 1 unspecified atom stereocenters. The topological polar surface area (TPSA) is 91.9 Å². The van der Waals surface area contributed by atoms with Gasteiger partial charge in [0.1, 0.15) is 13.2 Å². The molecular weight excluding hydrogens is 468 g/mol. The molecule has 0 saturated heterocycles. The molecule has 3 aromatic rings. The smallest absolute Gasteiger partial charge is 0.255 e. The van der Waals surface area contributed by atoms with Crippen LogP contribution >= 0.6 is 0 Å². The molecule has 0 bridgehead atoms. The van der Waals surface area contributed by atoms with Gasteiger partial charge in [-0.05, 0) is 93.5 Å². The Labute approximate surface area is 217 Å². The van der Waals surface area contributed by atoms with Crippen molar-refractivity contribution in [3.8, 4) is 11.5 Å². The molecule has 0 fully saturated rings. The Balaban J connectivity index is 1.26. The van der Waals surface area contributed by atoms with E-state index in [2.05, 4.69) is 34.9 Å². The molecule has 2 aliphatic rings. The summed E-state index contributed by atoms with van der Waals surface area (Å²) < 4.78 is 11.1. The minimum absolute atomic E-state index is 0.184. The van der Waals surface area contributed by atoms with Crippen LogP contribution in [0.2, 0.25) is 0 Å². The number of carbonyl (C=O) groups excluding carboxylic acids is 2. The van der Waals surface area contributed by atoms with E-state index < -0.39 is 0 Å². The lowest BCUT2D eigenvalue weighted by atomic mass is 9.96. The van der Waals surface area contributed by atoms with Gasteiger partial charge in [0.05, 0.1) is 0 Å². The number of amides is 2. The number of benzene rings is 3. The fourth-order valence-corrected chi connectivity index (χ4v) is 4.70. The van der Waals surface area contributed by atoms with Gasteiger partial charge < -0.3 is 30.3 Å². The summed E-state index contributed by atoms with van der Waals surface area (Å²) in [5, 5.41) is 9.50. The van der Waals surface area contributed by atoms with Crippen LogP contribution in [0.4, 0.5) is 17.1 Å². The zero-order chi connectivity index (χ0) is 25.9. The van der Waals surface area contributed by atoms with Gasteiger partial charge in [0.15, 0.2) is 11.5 Å². The first kappa shape index (κ1) is 24.6. The van der Waals surface area contributed by atoms with Crippen molar-refractivity contribution in [2.45, 2.75) is 25.8 Å². The lowest BCUT2D eigenvalue weighted by Gasteiger charge is -2.29. The number of nitrogens with one attached hydrogen (secondary N) is 3. The van der Waals surface area contributed by atoms with E-state index >= 15 is 0 Å². The highest BCUT2D eigenvalue weighted by atomic mass is 16.6. The molecule has 0 aliphatic carbocycles. The second-order valence-electron chi connectivity index (χ2n) is 9.81. The summed E-state index contributed by atoms with van der Waals surface area (Å²) in [6.45, 7) is 3.85. The van der Waals surface area contributed by atoms with Crippen LogP contribution in [0.15, 0.2) is 54.6 Å². The summed E-state index contributed by atoms with van der Waals surface area (Å²) in [6, 6.07) is 16.8. The van der Waals surface area contributed by atoms with Crippen LogP contribution in [-0.4, -0.2) is 56.6 Å². The van der Waals surface area contributed by atoms with Gasteiger partial charge in [-0.15, -0.1) is 0 Å². The number of carbonyl (C=O) groups is 2. The van der Waals surface area contributed by atoms with Crippen LogP contribution in [-0.2, 0) is 6.42 Å². The molecule has 0 radical (unpaired) electrons. The Hall–Kier alpha value is -4.04. The van der Waals surface area contributed by atoms with Gasteiger partial charge in [0, 0.05) is 40.8 Å². The van der Waals surface area contributed by atoms with Crippen molar-refractivity contribution in [2.24, 2.45) is 0 Å². The van der Waals surface area contributed by atoms with Crippen molar-refractivity contribution in [2.75, 3.05) is 49.8 Å². The van der Waals surface area contributed by atoms with Crippen LogP contribution in [0.5, 0.6) is 11.5 Å². The standard InChI is InChI=1S/C29H32N4O4/c1-18-4-8-22(31-28(34)21-7-11-26-27(15-21)37-13-12-36-26)16-25(18)32-29(35)20-6-10-24-19(14-20)5-9-23(30-24)17-33(2)3/h4,6-8,10-11,14-16,23,30H,5,9,12-13,17H2,1-3H3,(H,31,34)(H,32,35). The molecule has 37 heavy (non-hydrogen) atoms. The maximum Gasteiger partial charge on any atom is 0.255 e. The largest absolute Gasteiger partial charge is 0.486 e. The van der Waals surface area contributed by atoms with Crippen molar-refractivity contribution >= 4 is 28.9 Å². The molecule has 192 valence electrons. The number of fused-ring (bicyclic) bond motifs is 2. The van der Waals surface area contributed by atoms with Crippen molar-refractivity contribution in [1.29, 1.82) is 0 Å². The van der Waals surface area contributed by atoms with Crippen LogP contribution in [0.1, 0.15) is 38.3 Å². The first-order valence-corrected chi connectivity index (χ1v) is 12.5. The third kappa shape index (κ3) is 5.70. The third-order valence-electron chi connectivity index (χ3n) is 6.62. The van der Waals surface area contributed by atoms with Gasteiger partial charge in [-0.3, -0.25) is 9.59 Å². The van der Waals surface area contributed by atoms with Crippen LogP contribution < -0.4 is 25.4 Å². The molecule has 2 heterocycles. The SMILES string of the molecule is Cc1ccc(NC(=O)c2ccc3c(c2)OCCO3)cc1NC(=O)c1ccc2c(c1)CCC(CN(C)C)N2. The van der Waals surface area contributed by atoms with Gasteiger partial charge in [-0.1, -0.05) is 6.07 Å². The number of nitrogens with zero attached hydrogens (tertiary/aromatic N) is 1. The van der Waals surface area contributed by atoms with Gasteiger partial charge >= 0.3 is 0 Å². The maximum atomic E-state index is 13.1. The average molecular weight is 501 g/mol. The van der Waals surface area contributed by atoms with Crippen molar-refractivity contribution in [3.63, 3.8) is 0 Å². The molecule has 2 amide bonds. The minimum atomic E-state index is -0.270. The highest BCUT2D eigenvalue weighted by Crippen LogP contribution is 2.31. The number of aryl methyl sites for hydroxylation is 2. The van der Waals surface area contributed by atoms with E-state index in [0.29, 0.717) is 53.3 Å². The molecule has 2 aliphatic heterocycles. The zero-order valence-corrected chi connectivity index (χ0v) is 21.4. The minimum Gasteiger partial charge on any atom is -0.486 e. The maximum absolute atomic E-state index is 13.1. The molecule has 0 saturated carbocycles. The summed E-state index contributed by atoms with van der Waals surface area (Å²) in [4.78, 5) is 28.1. The molecule has 8 nitrogen and oxygen atoms in total. The van der Waals surface area contributed by atoms with E-state index in [1.807, 2.05) is 37.3 Å². The highest BCUT2D eigenvalue weighted by Gasteiger charge is 2.20. The molecule has 8 heteroatoms. The third-order valence-corrected chi connectivity index (χ3v) is 6.62. The lowest BCUT2D eigenvalue weighted by Crippen LogP contribution is -2.35. The first-order chi connectivity index (χ1) is 17.9. The number of likely N-dealkylation sites (N-methyl/N-ethyl adjacent to an activating group) is 1. The Bertz CT molecular complexity index is 1340. The second-order valence-corrected chi connectivity index (χ2v) is 9.81. The second kappa shape index (κ2) is 10.5. The molecular formula is C29H32N4O4. The molecule has 3 N–H and O–H groups in total. The lowest BCUT2D eigenvalue weighted by molar-refractivity contribution is 0.101. The van der Waals surface area contributed by atoms with E-state index in [9.17, 15) is 9.59 Å². The first-order valence-electron chi connectivity index (χ1n) is 12.5. The van der Waals surface area contributed by atoms with E-state index in [-0.39, 0.29) is 11.8 Å². The quantitative estimate of drug-likeness (QED) is 0.460. The van der Waals surface area contributed by atoms with Crippen molar-refractivity contribution in [3.05, 3.63) is 76.9 Å². The monoisotopic (exact) mass is 500 g/mol. The van der Waals surface area contributed by atoms with Crippen LogP contribution in [0, 0.1) is 6.92 Å². The molecule has 5 rings (SSSR count). The zero-order valence-electron chi connectivity index (χ0n) is 21.4. The predicted octanol–water partition coefficient (Wildman–Crippen LogP) is 4.56. The summed E-state index contributed by atoms with van der Waals surface area (Å²) >= 11 is 0. The molecule has 1 atom stereocenters. The fraction of sp³-hybridized carbons (Fsp3) is 0.310. The van der Waals surface area contributed by atoms with E-state index in [0.717, 1.165) is 36.2 Å². The summed E-state index contributed by atoms with van der Waals surface area (Å²) in [5.41, 5.74) is 5.45. The normalized spacial score (nSPS) is 15.9. The highest BCUT2D eigenvalue weighted by molar-refractivity contribution is 6.07. The molecule has 3 aromatic carbocycles. The van der Waals surface area contributed by atoms with Gasteiger partial charge in [-0.25, -0.2) is 0 Å². The number of anilines is 3. The number of hydrogen-bond donors (Lipinski definition) is 3. The number of hydrogen-bond acceptors (Lipinski definition) is 6. The Morgan fingerprint density at radius 3 is 2.46 bits per heavy atom. The van der Waals surface area contributed by atoms with Crippen LogP contribution in [0.3, 0.4) is 0 Å². The Kier molecular flexibility index (Phi) is 7.01. The molecule has 0 spiro atoms. The average Bonchev–Trinajstić information content (AvgIpc) is 2.89. The predicted molar refractivity (Wildman–Crippen MR) is 145 cm³/mol. The summed E-state index contributed by atoms with van der Waals surface area (Å²) in [7, 11) is 4.15. The van der Waals surface area contributed by atoms with Crippen molar-refractivity contribution in [1.82, 2.24) is 4.90 Å².